The average molecular weight is 303 g/mol. The highest BCUT2D eigenvalue weighted by atomic mass is 79.9. The molecule has 2 rings (SSSR count). The fourth-order valence-corrected chi connectivity index (χ4v) is 3.24. The first-order chi connectivity index (χ1) is 7.09. The van der Waals surface area contributed by atoms with Gasteiger partial charge in [-0.3, -0.25) is 0 Å². The monoisotopic (exact) mass is 301 g/mol. The van der Waals surface area contributed by atoms with Crippen molar-refractivity contribution in [3.8, 4) is 10.4 Å². The minimum absolute atomic E-state index is 0.750. The number of rotatable bonds is 1. The van der Waals surface area contributed by atoms with Crippen molar-refractivity contribution in [2.45, 2.75) is 6.92 Å². The van der Waals surface area contributed by atoms with E-state index >= 15 is 0 Å². The summed E-state index contributed by atoms with van der Waals surface area (Å²) >= 11 is 10.9. The van der Waals surface area contributed by atoms with E-state index in [0.29, 0.717) is 0 Å². The van der Waals surface area contributed by atoms with Crippen molar-refractivity contribution in [1.29, 1.82) is 0 Å². The van der Waals surface area contributed by atoms with Crippen molar-refractivity contribution in [3.63, 3.8) is 0 Å². The molecule has 1 nitrogen and oxygen atoms in total. The van der Waals surface area contributed by atoms with Crippen molar-refractivity contribution < 1.29 is 0 Å². The van der Waals surface area contributed by atoms with E-state index in [1.165, 1.54) is 4.88 Å². The molecule has 0 spiro atoms. The molecule has 0 saturated carbocycles. The Labute approximate surface area is 106 Å². The van der Waals surface area contributed by atoms with E-state index in [9.17, 15) is 0 Å². The first-order valence-corrected chi connectivity index (χ1v) is 6.38. The van der Waals surface area contributed by atoms with E-state index in [2.05, 4.69) is 15.9 Å². The Morgan fingerprint density at radius 1 is 1.27 bits per heavy atom. The molecule has 0 fully saturated rings. The van der Waals surface area contributed by atoms with Crippen LogP contribution in [0, 0.1) is 6.92 Å². The molecule has 0 aliphatic carbocycles. The van der Waals surface area contributed by atoms with E-state index < -0.39 is 0 Å². The lowest BCUT2D eigenvalue weighted by molar-refractivity contribution is 1.53. The third kappa shape index (κ3) is 2.05. The van der Waals surface area contributed by atoms with Gasteiger partial charge < -0.3 is 5.73 Å². The minimum atomic E-state index is 0.750. The molecular weight excluding hydrogens is 294 g/mol. The molecule has 4 heteroatoms. The summed E-state index contributed by atoms with van der Waals surface area (Å²) in [5, 5.41) is 0.750. The Hall–Kier alpha value is -0.510. The lowest BCUT2D eigenvalue weighted by atomic mass is 10.1. The first-order valence-electron chi connectivity index (χ1n) is 4.40. The van der Waals surface area contributed by atoms with Crippen LogP contribution in [0.3, 0.4) is 0 Å². The molecular formula is C11H9BrClNS. The Morgan fingerprint density at radius 3 is 2.33 bits per heavy atom. The molecule has 1 aromatic carbocycles. The zero-order valence-electron chi connectivity index (χ0n) is 8.05. The van der Waals surface area contributed by atoms with Crippen molar-refractivity contribution in [3.05, 3.63) is 38.6 Å². The summed E-state index contributed by atoms with van der Waals surface area (Å²) in [5.74, 6) is 0. The topological polar surface area (TPSA) is 26.0 Å². The predicted molar refractivity (Wildman–Crippen MR) is 71.6 cm³/mol. The maximum Gasteiger partial charge on any atom is 0.0936 e. The second kappa shape index (κ2) is 4.16. The number of nitrogens with two attached hydrogens (primary N) is 1. The van der Waals surface area contributed by atoms with Gasteiger partial charge in [-0.25, -0.2) is 0 Å². The molecule has 0 atom stereocenters. The maximum atomic E-state index is 5.91. The van der Waals surface area contributed by atoms with Gasteiger partial charge in [0.2, 0.25) is 0 Å². The van der Waals surface area contributed by atoms with Gasteiger partial charge in [0, 0.05) is 9.90 Å². The molecule has 1 aromatic heterocycles. The van der Waals surface area contributed by atoms with Crippen LogP contribution < -0.4 is 5.73 Å². The molecule has 0 amide bonds. The highest BCUT2D eigenvalue weighted by Gasteiger charge is 2.11. The van der Waals surface area contributed by atoms with Crippen LogP contribution in [0.1, 0.15) is 5.56 Å². The number of halogens is 2. The van der Waals surface area contributed by atoms with Crippen LogP contribution in [0.5, 0.6) is 0 Å². The normalized spacial score (nSPS) is 10.6. The van der Waals surface area contributed by atoms with Crippen molar-refractivity contribution in [2.24, 2.45) is 0 Å². The van der Waals surface area contributed by atoms with Crippen LogP contribution in [0.2, 0.25) is 5.02 Å². The van der Waals surface area contributed by atoms with Gasteiger partial charge in [-0.15, -0.1) is 11.3 Å². The summed E-state index contributed by atoms with van der Waals surface area (Å²) in [6.07, 6.45) is 0. The zero-order chi connectivity index (χ0) is 11.0. The summed E-state index contributed by atoms with van der Waals surface area (Å²) in [6.45, 7) is 2.03. The van der Waals surface area contributed by atoms with Crippen molar-refractivity contribution in [1.82, 2.24) is 0 Å². The van der Waals surface area contributed by atoms with Gasteiger partial charge in [0.1, 0.15) is 0 Å². The molecule has 0 aliphatic heterocycles. The summed E-state index contributed by atoms with van der Waals surface area (Å²) in [6, 6.07) is 7.79. The van der Waals surface area contributed by atoms with E-state index in [4.69, 9.17) is 17.3 Å². The van der Waals surface area contributed by atoms with Crippen LogP contribution in [0.15, 0.2) is 28.1 Å². The highest BCUT2D eigenvalue weighted by molar-refractivity contribution is 9.11. The van der Waals surface area contributed by atoms with Gasteiger partial charge in [-0.2, -0.15) is 0 Å². The van der Waals surface area contributed by atoms with E-state index in [0.717, 1.165) is 25.6 Å². The van der Waals surface area contributed by atoms with Crippen LogP contribution in [0.4, 0.5) is 5.69 Å². The molecule has 15 heavy (non-hydrogen) atoms. The molecule has 2 N–H and O–H groups in total. The SMILES string of the molecule is Cc1c(-c2ccc(Cl)cc2)sc(Br)c1N. The van der Waals surface area contributed by atoms with Crippen LogP contribution in [0.25, 0.3) is 10.4 Å². The van der Waals surface area contributed by atoms with Gasteiger partial charge in [-0.05, 0) is 46.1 Å². The quantitative estimate of drug-likeness (QED) is 0.810. The van der Waals surface area contributed by atoms with Crippen LogP contribution in [-0.4, -0.2) is 0 Å². The maximum absolute atomic E-state index is 5.91. The molecule has 1 heterocycles. The van der Waals surface area contributed by atoms with Gasteiger partial charge >= 0.3 is 0 Å². The molecule has 2 aromatic rings. The summed E-state index contributed by atoms with van der Waals surface area (Å²) in [7, 11) is 0. The van der Waals surface area contributed by atoms with Crippen LogP contribution in [-0.2, 0) is 0 Å². The third-order valence-electron chi connectivity index (χ3n) is 2.25. The second-order valence-corrected chi connectivity index (χ2v) is 6.03. The lowest BCUT2D eigenvalue weighted by Gasteiger charge is -1.99. The summed E-state index contributed by atoms with van der Waals surface area (Å²) in [4.78, 5) is 1.19. The minimum Gasteiger partial charge on any atom is -0.397 e. The van der Waals surface area contributed by atoms with Gasteiger partial charge in [0.15, 0.2) is 0 Å². The molecule has 0 unspecified atom stereocenters. The van der Waals surface area contributed by atoms with E-state index in [1.54, 1.807) is 11.3 Å². The first kappa shape index (κ1) is 11.0. The van der Waals surface area contributed by atoms with Crippen molar-refractivity contribution >= 4 is 44.6 Å². The number of hydrogen-bond acceptors (Lipinski definition) is 2. The molecule has 0 saturated heterocycles. The number of hydrogen-bond donors (Lipinski definition) is 1. The predicted octanol–water partition coefficient (Wildman–Crippen LogP) is 4.72. The number of nitrogen functional groups attached to an aromatic ring is 1. The third-order valence-corrected chi connectivity index (χ3v) is 4.56. The van der Waals surface area contributed by atoms with Gasteiger partial charge in [-0.1, -0.05) is 23.7 Å². The zero-order valence-corrected chi connectivity index (χ0v) is 11.2. The van der Waals surface area contributed by atoms with E-state index in [-0.39, 0.29) is 0 Å². The Kier molecular flexibility index (Phi) is 3.05. The Balaban J connectivity index is 2.54. The van der Waals surface area contributed by atoms with E-state index in [1.807, 2.05) is 31.2 Å². The summed E-state index contributed by atoms with van der Waals surface area (Å²) < 4.78 is 0.991. The molecule has 0 aliphatic rings. The standard InChI is InChI=1S/C11H9BrClNS/c1-6-9(14)11(12)15-10(6)7-2-4-8(13)5-3-7/h2-5H,14H2,1H3. The molecule has 78 valence electrons. The lowest BCUT2D eigenvalue weighted by Crippen LogP contribution is -1.85. The summed E-state index contributed by atoms with van der Waals surface area (Å²) in [5.41, 5.74) is 9.00. The Morgan fingerprint density at radius 2 is 1.87 bits per heavy atom. The number of anilines is 1. The number of thiophene rings is 1. The highest BCUT2D eigenvalue weighted by Crippen LogP contribution is 2.41. The van der Waals surface area contributed by atoms with Gasteiger partial charge in [0.05, 0.1) is 9.47 Å². The van der Waals surface area contributed by atoms with Gasteiger partial charge in [0.25, 0.3) is 0 Å². The smallest absolute Gasteiger partial charge is 0.0936 e. The molecule has 0 bridgehead atoms. The van der Waals surface area contributed by atoms with Crippen molar-refractivity contribution in [2.75, 3.05) is 5.73 Å². The average Bonchev–Trinajstić information content (AvgIpc) is 2.47. The number of benzene rings is 1. The largest absolute Gasteiger partial charge is 0.397 e. The fraction of sp³-hybridized carbons (Fsp3) is 0.0909. The fourth-order valence-electron chi connectivity index (χ4n) is 1.37. The van der Waals surface area contributed by atoms with Crippen LogP contribution >= 0.6 is 38.9 Å². The second-order valence-electron chi connectivity index (χ2n) is 3.25. The molecule has 0 radical (unpaired) electrons. The Bertz CT molecular complexity index is 490.